The van der Waals surface area contributed by atoms with Crippen LogP contribution in [0.1, 0.15) is 38.8 Å². The van der Waals surface area contributed by atoms with Crippen LogP contribution in [0.4, 0.5) is 4.79 Å². The molecule has 2 saturated heterocycles. The first-order valence-electron chi connectivity index (χ1n) is 11.2. The molecule has 3 N–H and O–H groups in total. The van der Waals surface area contributed by atoms with Crippen molar-refractivity contribution < 1.29 is 14.4 Å². The van der Waals surface area contributed by atoms with Gasteiger partial charge in [0.1, 0.15) is 6.04 Å². The molecule has 1 aliphatic carbocycles. The number of urea groups is 1. The largest absolute Gasteiger partial charge is 0.354 e. The number of nitrogens with one attached hydrogen (secondary N) is 3. The molecule has 1 aromatic heterocycles. The summed E-state index contributed by atoms with van der Waals surface area (Å²) in [5, 5.41) is 13.3. The molecule has 0 spiro atoms. The number of nitrogens with zero attached hydrogens (tertiary/aromatic N) is 4. The monoisotopic (exact) mass is 431 g/mol. The van der Waals surface area contributed by atoms with E-state index < -0.39 is 6.04 Å². The predicted molar refractivity (Wildman–Crippen MR) is 114 cm³/mol. The van der Waals surface area contributed by atoms with Gasteiger partial charge in [0.05, 0.1) is 11.7 Å². The Balaban J connectivity index is 1.44. The number of hydrogen-bond acceptors (Lipinski definition) is 5. The van der Waals surface area contributed by atoms with Crippen LogP contribution in [0.15, 0.2) is 12.3 Å². The molecule has 0 radical (unpaired) electrons. The van der Waals surface area contributed by atoms with Gasteiger partial charge in [-0.1, -0.05) is 0 Å². The van der Waals surface area contributed by atoms with Gasteiger partial charge >= 0.3 is 6.03 Å². The van der Waals surface area contributed by atoms with Gasteiger partial charge in [0, 0.05) is 57.4 Å². The van der Waals surface area contributed by atoms with Gasteiger partial charge in [-0.15, -0.1) is 0 Å². The molecule has 170 valence electrons. The molecular formula is C21H33N7O3. The van der Waals surface area contributed by atoms with Crippen molar-refractivity contribution in [1.82, 2.24) is 35.5 Å². The van der Waals surface area contributed by atoms with E-state index in [0.29, 0.717) is 26.2 Å². The van der Waals surface area contributed by atoms with E-state index in [1.165, 1.54) is 0 Å². The highest BCUT2D eigenvalue weighted by Crippen LogP contribution is 2.30. The topological polar surface area (TPSA) is 112 Å². The first-order valence-corrected chi connectivity index (χ1v) is 11.2. The zero-order valence-electron chi connectivity index (χ0n) is 18.5. The molecular weight excluding hydrogens is 398 g/mol. The number of carbonyl (C=O) groups excluding carboxylic acids is 3. The van der Waals surface area contributed by atoms with E-state index >= 15 is 0 Å². The van der Waals surface area contributed by atoms with E-state index in [2.05, 4.69) is 25.9 Å². The van der Waals surface area contributed by atoms with Crippen molar-refractivity contribution in [2.24, 2.45) is 13.0 Å². The van der Waals surface area contributed by atoms with Crippen molar-refractivity contribution in [3.8, 4) is 0 Å². The van der Waals surface area contributed by atoms with E-state index in [1.807, 2.05) is 38.1 Å². The standard InChI is InChI=1S/C21H33N7O3/c1-13(2)23-21(31)24-16-8-17-12-27(10-15-6-7-26(3)25-15)18(20(30)28(17)11-16)9-22-19(29)14-4-5-14/h6-7,13-14,16-18H,4-5,8-12H2,1-3H3,(H,22,29)(H2,23,24,31)/t16-,17-,18-/m0/s1. The Morgan fingerprint density at radius 3 is 2.68 bits per heavy atom. The maximum atomic E-state index is 13.4. The van der Waals surface area contributed by atoms with Crippen LogP contribution in [0, 0.1) is 5.92 Å². The Bertz CT molecular complexity index is 835. The first kappa shape index (κ1) is 21.6. The molecule has 4 rings (SSSR count). The highest BCUT2D eigenvalue weighted by Gasteiger charge is 2.46. The van der Waals surface area contributed by atoms with Crippen molar-refractivity contribution in [1.29, 1.82) is 0 Å². The van der Waals surface area contributed by atoms with Gasteiger partial charge in [0.15, 0.2) is 0 Å². The van der Waals surface area contributed by atoms with Gasteiger partial charge in [-0.2, -0.15) is 5.10 Å². The third-order valence-electron chi connectivity index (χ3n) is 6.18. The van der Waals surface area contributed by atoms with Crippen molar-refractivity contribution in [3.63, 3.8) is 0 Å². The number of piperazine rings is 1. The molecule has 31 heavy (non-hydrogen) atoms. The normalized spacial score (nSPS) is 26.1. The third-order valence-corrected chi connectivity index (χ3v) is 6.18. The lowest BCUT2D eigenvalue weighted by molar-refractivity contribution is -0.144. The Hall–Kier alpha value is -2.62. The summed E-state index contributed by atoms with van der Waals surface area (Å²) < 4.78 is 1.75. The number of carbonyl (C=O) groups is 3. The quantitative estimate of drug-likeness (QED) is 0.554. The molecule has 0 bridgehead atoms. The number of rotatable bonds is 7. The lowest BCUT2D eigenvalue weighted by Crippen LogP contribution is -2.62. The molecule has 1 saturated carbocycles. The van der Waals surface area contributed by atoms with Crippen LogP contribution < -0.4 is 16.0 Å². The molecule has 4 amide bonds. The van der Waals surface area contributed by atoms with Crippen LogP contribution >= 0.6 is 0 Å². The fraction of sp³-hybridized carbons (Fsp3) is 0.714. The molecule has 3 aliphatic rings. The van der Waals surface area contributed by atoms with Crippen LogP contribution in [0.25, 0.3) is 0 Å². The number of aromatic nitrogens is 2. The second-order valence-electron chi connectivity index (χ2n) is 9.29. The third kappa shape index (κ3) is 5.17. The zero-order valence-corrected chi connectivity index (χ0v) is 18.5. The van der Waals surface area contributed by atoms with Gasteiger partial charge < -0.3 is 20.9 Å². The summed E-state index contributed by atoms with van der Waals surface area (Å²) >= 11 is 0. The molecule has 10 nitrogen and oxygen atoms in total. The Labute approximate surface area is 182 Å². The summed E-state index contributed by atoms with van der Waals surface area (Å²) in [4.78, 5) is 41.7. The maximum Gasteiger partial charge on any atom is 0.315 e. The fourth-order valence-electron chi connectivity index (χ4n) is 4.53. The van der Waals surface area contributed by atoms with E-state index in [1.54, 1.807) is 4.68 Å². The number of fused-ring (bicyclic) bond motifs is 1. The van der Waals surface area contributed by atoms with Gasteiger partial charge in [0.2, 0.25) is 11.8 Å². The summed E-state index contributed by atoms with van der Waals surface area (Å²) in [5.41, 5.74) is 0.895. The smallest absolute Gasteiger partial charge is 0.315 e. The van der Waals surface area contributed by atoms with Crippen molar-refractivity contribution in [2.75, 3.05) is 19.6 Å². The van der Waals surface area contributed by atoms with E-state index in [0.717, 1.165) is 25.0 Å². The fourth-order valence-corrected chi connectivity index (χ4v) is 4.53. The molecule has 3 atom stereocenters. The molecule has 10 heteroatoms. The minimum atomic E-state index is -0.427. The molecule has 2 aliphatic heterocycles. The predicted octanol–water partition coefficient (Wildman–Crippen LogP) is -0.192. The van der Waals surface area contributed by atoms with Crippen LogP contribution in [0.2, 0.25) is 0 Å². The Morgan fingerprint density at radius 1 is 1.26 bits per heavy atom. The first-order chi connectivity index (χ1) is 14.8. The summed E-state index contributed by atoms with van der Waals surface area (Å²) in [6, 6.07) is 1.33. The molecule has 0 aromatic carbocycles. The number of hydrogen-bond donors (Lipinski definition) is 3. The van der Waals surface area contributed by atoms with Crippen molar-refractivity contribution >= 4 is 17.8 Å². The second-order valence-corrected chi connectivity index (χ2v) is 9.29. The van der Waals surface area contributed by atoms with Gasteiger partial charge in [-0.05, 0) is 39.2 Å². The average molecular weight is 432 g/mol. The van der Waals surface area contributed by atoms with Crippen LogP contribution in [-0.2, 0) is 23.2 Å². The Kier molecular flexibility index (Phi) is 6.17. The highest BCUT2D eigenvalue weighted by atomic mass is 16.2. The van der Waals surface area contributed by atoms with Gasteiger partial charge in [-0.3, -0.25) is 19.2 Å². The molecule has 3 heterocycles. The second kappa shape index (κ2) is 8.86. The summed E-state index contributed by atoms with van der Waals surface area (Å²) in [6.07, 6.45) is 4.47. The van der Waals surface area contributed by atoms with E-state index in [4.69, 9.17) is 0 Å². The minimum Gasteiger partial charge on any atom is -0.354 e. The van der Waals surface area contributed by atoms with Crippen LogP contribution in [0.3, 0.4) is 0 Å². The van der Waals surface area contributed by atoms with Gasteiger partial charge in [0.25, 0.3) is 0 Å². The minimum absolute atomic E-state index is 0.0110. The van der Waals surface area contributed by atoms with Gasteiger partial charge in [-0.25, -0.2) is 4.79 Å². The number of aryl methyl sites for hydroxylation is 1. The highest BCUT2D eigenvalue weighted by molar-refractivity contribution is 5.86. The van der Waals surface area contributed by atoms with Crippen molar-refractivity contribution in [3.05, 3.63) is 18.0 Å². The molecule has 0 unspecified atom stereocenters. The van der Waals surface area contributed by atoms with Crippen LogP contribution in [-0.4, -0.2) is 81.2 Å². The zero-order chi connectivity index (χ0) is 22.1. The Morgan fingerprint density at radius 2 is 2.03 bits per heavy atom. The SMILES string of the molecule is CC(C)NC(=O)N[C@H]1C[C@H]2CN(Cc3ccn(C)n3)[C@@H](CNC(=O)C3CC3)C(=O)N2C1. The van der Waals surface area contributed by atoms with Crippen LogP contribution in [0.5, 0.6) is 0 Å². The number of amides is 4. The lowest BCUT2D eigenvalue weighted by atomic mass is 10.0. The summed E-state index contributed by atoms with van der Waals surface area (Å²) in [6.45, 7) is 5.87. The maximum absolute atomic E-state index is 13.4. The average Bonchev–Trinajstić information content (AvgIpc) is 3.35. The summed E-state index contributed by atoms with van der Waals surface area (Å²) in [5.74, 6) is 0.159. The van der Waals surface area contributed by atoms with E-state index in [-0.39, 0.29) is 41.9 Å². The lowest BCUT2D eigenvalue weighted by Gasteiger charge is -2.42. The van der Waals surface area contributed by atoms with E-state index in [9.17, 15) is 14.4 Å². The summed E-state index contributed by atoms with van der Waals surface area (Å²) in [7, 11) is 1.87. The van der Waals surface area contributed by atoms with Crippen molar-refractivity contribution in [2.45, 2.75) is 63.8 Å². The molecule has 3 fully saturated rings. The molecule has 1 aromatic rings.